The van der Waals surface area contributed by atoms with Gasteiger partial charge in [-0.25, -0.2) is 9.67 Å². The van der Waals surface area contributed by atoms with Gasteiger partial charge >= 0.3 is 0 Å². The first-order chi connectivity index (χ1) is 10.0. The van der Waals surface area contributed by atoms with Crippen LogP contribution in [0.25, 0.3) is 0 Å². The normalized spacial score (nSPS) is 12.9. The Balaban J connectivity index is 2.23. The van der Waals surface area contributed by atoms with E-state index in [-0.39, 0.29) is 6.04 Å². The van der Waals surface area contributed by atoms with Crippen molar-refractivity contribution in [2.24, 2.45) is 5.92 Å². The van der Waals surface area contributed by atoms with Crippen LogP contribution in [0, 0.1) is 12.8 Å². The van der Waals surface area contributed by atoms with Crippen LogP contribution in [0.1, 0.15) is 36.8 Å². The zero-order valence-electron chi connectivity index (χ0n) is 13.1. The van der Waals surface area contributed by atoms with Gasteiger partial charge < -0.3 is 5.32 Å². The predicted octanol–water partition coefficient (Wildman–Crippen LogP) is 3.40. The molecule has 0 bridgehead atoms. The van der Waals surface area contributed by atoms with Crippen LogP contribution in [0.2, 0.25) is 5.02 Å². The van der Waals surface area contributed by atoms with E-state index in [9.17, 15) is 0 Å². The number of benzene rings is 1. The van der Waals surface area contributed by atoms with Crippen molar-refractivity contribution in [3.63, 3.8) is 0 Å². The second kappa shape index (κ2) is 7.05. The molecule has 114 valence electrons. The molecule has 1 atom stereocenters. The average Bonchev–Trinajstić information content (AvgIpc) is 2.85. The lowest BCUT2D eigenvalue weighted by atomic mass is 9.98. The average molecular weight is 307 g/mol. The summed E-state index contributed by atoms with van der Waals surface area (Å²) in [6, 6.07) is 6.19. The van der Waals surface area contributed by atoms with E-state index in [1.807, 2.05) is 23.9 Å². The lowest BCUT2D eigenvalue weighted by molar-refractivity contribution is 0.451. The van der Waals surface area contributed by atoms with Gasteiger partial charge in [-0.1, -0.05) is 31.5 Å². The zero-order valence-corrected chi connectivity index (χ0v) is 13.9. The number of nitrogens with zero attached hydrogens (tertiary/aromatic N) is 3. The van der Waals surface area contributed by atoms with Crippen LogP contribution in [0.3, 0.4) is 0 Å². The first kappa shape index (κ1) is 16.0. The Labute approximate surface area is 131 Å². The van der Waals surface area contributed by atoms with Crippen molar-refractivity contribution < 1.29 is 0 Å². The Hall–Kier alpha value is -1.39. The highest BCUT2D eigenvalue weighted by atomic mass is 35.5. The highest BCUT2D eigenvalue weighted by molar-refractivity contribution is 6.30. The molecule has 1 aromatic heterocycles. The Morgan fingerprint density at radius 1 is 1.33 bits per heavy atom. The fourth-order valence-corrected chi connectivity index (χ4v) is 2.66. The maximum Gasteiger partial charge on any atom is 0.138 e. The van der Waals surface area contributed by atoms with Crippen molar-refractivity contribution in [1.29, 1.82) is 0 Å². The molecule has 1 unspecified atom stereocenters. The van der Waals surface area contributed by atoms with Crippen molar-refractivity contribution >= 4 is 11.6 Å². The summed E-state index contributed by atoms with van der Waals surface area (Å²) in [6.07, 6.45) is 2.43. The number of likely N-dealkylation sites (N-methyl/N-ethyl adjacent to an activating group) is 1. The topological polar surface area (TPSA) is 42.7 Å². The lowest BCUT2D eigenvalue weighted by Crippen LogP contribution is -2.22. The minimum absolute atomic E-state index is 0.179. The highest BCUT2D eigenvalue weighted by Gasteiger charge is 2.17. The Bertz CT molecular complexity index is 592. The van der Waals surface area contributed by atoms with E-state index in [4.69, 9.17) is 11.6 Å². The fourth-order valence-electron chi connectivity index (χ4n) is 2.48. The molecule has 4 nitrogen and oxygen atoms in total. The molecule has 2 rings (SSSR count). The van der Waals surface area contributed by atoms with E-state index in [1.165, 1.54) is 11.1 Å². The number of aryl methyl sites for hydroxylation is 1. The number of halogens is 1. The van der Waals surface area contributed by atoms with Gasteiger partial charge in [-0.15, -0.1) is 0 Å². The van der Waals surface area contributed by atoms with Gasteiger partial charge in [0.25, 0.3) is 0 Å². The molecule has 0 aliphatic carbocycles. The van der Waals surface area contributed by atoms with Crippen molar-refractivity contribution in [3.05, 3.63) is 46.5 Å². The molecule has 0 saturated carbocycles. The van der Waals surface area contributed by atoms with Gasteiger partial charge in [0.1, 0.15) is 12.2 Å². The van der Waals surface area contributed by atoms with Crippen LogP contribution >= 0.6 is 11.6 Å². The molecule has 0 spiro atoms. The van der Waals surface area contributed by atoms with Crippen LogP contribution in [-0.4, -0.2) is 21.8 Å². The molecule has 0 aliphatic heterocycles. The van der Waals surface area contributed by atoms with Crippen LogP contribution < -0.4 is 5.32 Å². The second-order valence-electron chi connectivity index (χ2n) is 5.80. The third kappa shape index (κ3) is 4.05. The molecule has 5 heteroatoms. The second-order valence-corrected chi connectivity index (χ2v) is 6.23. The molecule has 1 aromatic carbocycles. The van der Waals surface area contributed by atoms with Crippen LogP contribution in [-0.2, 0) is 13.0 Å². The van der Waals surface area contributed by atoms with Crippen molar-refractivity contribution in [1.82, 2.24) is 20.1 Å². The number of hydrogen-bond acceptors (Lipinski definition) is 3. The number of rotatable bonds is 6. The number of nitrogens with one attached hydrogen (secondary N) is 1. The Morgan fingerprint density at radius 3 is 2.76 bits per heavy atom. The molecule has 0 amide bonds. The molecular weight excluding hydrogens is 284 g/mol. The van der Waals surface area contributed by atoms with Crippen LogP contribution in [0.15, 0.2) is 24.5 Å². The summed E-state index contributed by atoms with van der Waals surface area (Å²) < 4.78 is 1.99. The Morgan fingerprint density at radius 2 is 2.10 bits per heavy atom. The summed E-state index contributed by atoms with van der Waals surface area (Å²) in [4.78, 5) is 4.41. The largest absolute Gasteiger partial charge is 0.313 e. The molecular formula is C16H23ClN4. The molecule has 0 saturated heterocycles. The maximum absolute atomic E-state index is 6.14. The SMILES string of the molecule is CNC(Cc1ncnn1CC(C)C)c1cc(Cl)ccc1C. The summed E-state index contributed by atoms with van der Waals surface area (Å²) >= 11 is 6.14. The van der Waals surface area contributed by atoms with Gasteiger partial charge in [0.05, 0.1) is 0 Å². The van der Waals surface area contributed by atoms with Gasteiger partial charge in [0, 0.05) is 24.0 Å². The molecule has 2 aromatic rings. The Kier molecular flexibility index (Phi) is 5.37. The molecule has 0 fully saturated rings. The minimum Gasteiger partial charge on any atom is -0.313 e. The summed E-state index contributed by atoms with van der Waals surface area (Å²) in [6.45, 7) is 7.36. The lowest BCUT2D eigenvalue weighted by Gasteiger charge is -2.19. The van der Waals surface area contributed by atoms with Gasteiger partial charge in [0.2, 0.25) is 0 Å². The molecule has 21 heavy (non-hydrogen) atoms. The number of hydrogen-bond donors (Lipinski definition) is 1. The molecule has 1 heterocycles. The van der Waals surface area contributed by atoms with E-state index in [0.29, 0.717) is 5.92 Å². The fraction of sp³-hybridized carbons (Fsp3) is 0.500. The van der Waals surface area contributed by atoms with E-state index in [1.54, 1.807) is 6.33 Å². The quantitative estimate of drug-likeness (QED) is 0.889. The maximum atomic E-state index is 6.14. The third-order valence-electron chi connectivity index (χ3n) is 3.59. The minimum atomic E-state index is 0.179. The summed E-state index contributed by atoms with van der Waals surface area (Å²) in [7, 11) is 1.97. The van der Waals surface area contributed by atoms with Crippen molar-refractivity contribution in [2.45, 2.75) is 39.8 Å². The summed E-state index contributed by atoms with van der Waals surface area (Å²) in [5, 5.41) is 8.46. The van der Waals surface area contributed by atoms with Gasteiger partial charge in [-0.2, -0.15) is 5.10 Å². The van der Waals surface area contributed by atoms with Crippen LogP contribution in [0.5, 0.6) is 0 Å². The van der Waals surface area contributed by atoms with E-state index >= 15 is 0 Å². The predicted molar refractivity (Wildman–Crippen MR) is 86.6 cm³/mol. The highest BCUT2D eigenvalue weighted by Crippen LogP contribution is 2.24. The van der Waals surface area contributed by atoms with Crippen molar-refractivity contribution in [2.75, 3.05) is 7.05 Å². The van der Waals surface area contributed by atoms with Gasteiger partial charge in [0.15, 0.2) is 0 Å². The smallest absolute Gasteiger partial charge is 0.138 e. The zero-order chi connectivity index (χ0) is 15.4. The van der Waals surface area contributed by atoms with Gasteiger partial charge in [-0.3, -0.25) is 0 Å². The van der Waals surface area contributed by atoms with Gasteiger partial charge in [-0.05, 0) is 43.1 Å². The first-order valence-electron chi connectivity index (χ1n) is 7.31. The molecule has 1 N–H and O–H groups in total. The molecule has 0 radical (unpaired) electrons. The standard InChI is InChI=1S/C16H23ClN4/c1-11(2)9-21-16(19-10-20-21)8-15(18-4)14-7-13(17)6-5-12(14)3/h5-7,10-11,15,18H,8-9H2,1-4H3. The first-order valence-corrected chi connectivity index (χ1v) is 7.69. The van der Waals surface area contributed by atoms with E-state index in [2.05, 4.69) is 42.2 Å². The summed E-state index contributed by atoms with van der Waals surface area (Å²) in [5.41, 5.74) is 2.44. The molecule has 0 aliphatic rings. The van der Waals surface area contributed by atoms with E-state index < -0.39 is 0 Å². The monoisotopic (exact) mass is 306 g/mol. The van der Waals surface area contributed by atoms with Crippen LogP contribution in [0.4, 0.5) is 0 Å². The van der Waals surface area contributed by atoms with Crippen molar-refractivity contribution in [3.8, 4) is 0 Å². The third-order valence-corrected chi connectivity index (χ3v) is 3.82. The summed E-state index contributed by atoms with van der Waals surface area (Å²) in [5.74, 6) is 1.55. The van der Waals surface area contributed by atoms with E-state index in [0.717, 1.165) is 23.8 Å². The number of aromatic nitrogens is 3.